The van der Waals surface area contributed by atoms with Gasteiger partial charge in [0.2, 0.25) is 0 Å². The molecule has 5 heteroatoms. The average Bonchev–Trinajstić information content (AvgIpc) is 2.88. The normalized spacial score (nSPS) is 11.4. The van der Waals surface area contributed by atoms with Gasteiger partial charge in [-0.25, -0.2) is 0 Å². The number of nitrogens with zero attached hydrogens (tertiary/aromatic N) is 2. The fourth-order valence-corrected chi connectivity index (χ4v) is 4.11. The molecule has 4 nitrogen and oxygen atoms in total. The maximum absolute atomic E-state index is 11.3. The van der Waals surface area contributed by atoms with E-state index in [1.807, 2.05) is 18.2 Å². The minimum atomic E-state index is -0.381. The van der Waals surface area contributed by atoms with Gasteiger partial charge in [0.25, 0.3) is 0 Å². The van der Waals surface area contributed by atoms with Crippen LogP contribution in [-0.4, -0.2) is 11.4 Å². The molecule has 0 N–H and O–H groups in total. The van der Waals surface area contributed by atoms with E-state index in [0.717, 1.165) is 74.2 Å². The predicted molar refractivity (Wildman–Crippen MR) is 155 cm³/mol. The van der Waals surface area contributed by atoms with Gasteiger partial charge >= 0.3 is 16.5 Å². The molecule has 0 radical (unpaired) electrons. The van der Waals surface area contributed by atoms with E-state index < -0.39 is 0 Å². The van der Waals surface area contributed by atoms with Crippen molar-refractivity contribution >= 4 is 22.8 Å². The van der Waals surface area contributed by atoms with Crippen LogP contribution in [0, 0.1) is 13.8 Å². The molecule has 38 heavy (non-hydrogen) atoms. The maximum atomic E-state index is 11.3. The van der Waals surface area contributed by atoms with E-state index in [2.05, 4.69) is 65.0 Å². The van der Waals surface area contributed by atoms with Gasteiger partial charge in [-0.1, -0.05) is 88.1 Å². The number of benzene rings is 3. The Morgan fingerprint density at radius 1 is 0.684 bits per heavy atom. The molecule has 0 spiro atoms. The Hall–Kier alpha value is -2.91. The molecule has 0 aliphatic rings. The molecule has 0 bridgehead atoms. The fourth-order valence-electron chi connectivity index (χ4n) is 4.11. The van der Waals surface area contributed by atoms with Gasteiger partial charge in [0.05, 0.1) is 22.8 Å². The summed E-state index contributed by atoms with van der Waals surface area (Å²) in [6, 6.07) is 21.4. The molecule has 0 aromatic heterocycles. The van der Waals surface area contributed by atoms with Crippen LogP contribution in [0.2, 0.25) is 0 Å². The second-order valence-electron chi connectivity index (χ2n) is 9.46. The largest absolute Gasteiger partial charge is 2.00 e. The van der Waals surface area contributed by atoms with Crippen molar-refractivity contribution in [3.8, 4) is 11.5 Å². The second kappa shape index (κ2) is 18.4. The van der Waals surface area contributed by atoms with Crippen molar-refractivity contribution in [2.45, 2.75) is 86.0 Å². The number of rotatable bonds is 11. The zero-order chi connectivity index (χ0) is 27.0. The molecule has 0 fully saturated rings. The Morgan fingerprint density at radius 3 is 1.92 bits per heavy atom. The molecule has 0 aliphatic carbocycles. The summed E-state index contributed by atoms with van der Waals surface area (Å²) in [4.78, 5) is 9.83. The number of aryl methyl sites for hydroxylation is 3. The SMILES string of the molecule is CCCCC(=Nc1ccccc1)C(CC)=Nc1cc(C)cc(C)c1.CCCCCc1cccc([O-])c1[O-].[Ni+2]. The van der Waals surface area contributed by atoms with Crippen LogP contribution in [0.25, 0.3) is 0 Å². The smallest absolute Gasteiger partial charge is 0.873 e. The van der Waals surface area contributed by atoms with Crippen molar-refractivity contribution in [2.75, 3.05) is 0 Å². The zero-order valence-corrected chi connectivity index (χ0v) is 24.5. The van der Waals surface area contributed by atoms with Crippen molar-refractivity contribution < 1.29 is 26.7 Å². The topological polar surface area (TPSA) is 70.8 Å². The molecule has 0 unspecified atom stereocenters. The second-order valence-corrected chi connectivity index (χ2v) is 9.46. The minimum Gasteiger partial charge on any atom is -0.873 e. The van der Waals surface area contributed by atoms with Gasteiger partial charge < -0.3 is 10.2 Å². The van der Waals surface area contributed by atoms with Crippen LogP contribution < -0.4 is 10.2 Å². The average molecular weight is 557 g/mol. The van der Waals surface area contributed by atoms with Gasteiger partial charge in [0.1, 0.15) is 0 Å². The predicted octanol–water partition coefficient (Wildman–Crippen LogP) is 8.31. The summed E-state index contributed by atoms with van der Waals surface area (Å²) < 4.78 is 0. The van der Waals surface area contributed by atoms with E-state index in [0.29, 0.717) is 5.56 Å². The third kappa shape index (κ3) is 11.6. The molecule has 0 atom stereocenters. The summed E-state index contributed by atoms with van der Waals surface area (Å²) in [6.45, 7) is 10.7. The van der Waals surface area contributed by atoms with Crippen LogP contribution in [0.5, 0.6) is 11.5 Å². The van der Waals surface area contributed by atoms with Crippen molar-refractivity contribution in [2.24, 2.45) is 9.98 Å². The van der Waals surface area contributed by atoms with E-state index in [4.69, 9.17) is 9.98 Å². The third-order valence-electron chi connectivity index (χ3n) is 6.04. The minimum absolute atomic E-state index is 0. The summed E-state index contributed by atoms with van der Waals surface area (Å²) >= 11 is 0. The molecule has 3 aromatic carbocycles. The van der Waals surface area contributed by atoms with Crippen LogP contribution in [0.4, 0.5) is 11.4 Å². The Morgan fingerprint density at radius 2 is 1.32 bits per heavy atom. The number of unbranched alkanes of at least 4 members (excludes halogenated alkanes) is 3. The third-order valence-corrected chi connectivity index (χ3v) is 6.04. The van der Waals surface area contributed by atoms with Gasteiger partial charge in [-0.05, 0) is 81.3 Å². The monoisotopic (exact) mass is 556 g/mol. The van der Waals surface area contributed by atoms with Crippen LogP contribution in [0.3, 0.4) is 0 Å². The number of para-hydroxylation sites is 2. The standard InChI is InChI=1S/C22H28N2.C11H16O2.Ni/c1-5-7-13-22(23-19-11-9-8-10-12-19)21(6-2)24-20-15-17(3)14-18(4)16-20;1-2-3-4-6-9-7-5-8-10(12)11(9)13;/h8-12,14-16H,5-7,13H2,1-4H3;5,7-8,12-13H,2-4,6H2,1H3;/q;;+2/p-2. The van der Waals surface area contributed by atoms with Gasteiger partial charge in [0.15, 0.2) is 0 Å². The summed E-state index contributed by atoms with van der Waals surface area (Å²) in [5.74, 6) is -0.701. The molecule has 0 saturated heterocycles. The molecule has 206 valence electrons. The van der Waals surface area contributed by atoms with E-state index in [9.17, 15) is 10.2 Å². The van der Waals surface area contributed by atoms with Gasteiger partial charge in [-0.15, -0.1) is 11.5 Å². The first kappa shape index (κ1) is 33.1. The van der Waals surface area contributed by atoms with Crippen molar-refractivity contribution in [1.29, 1.82) is 0 Å². The van der Waals surface area contributed by atoms with Crippen LogP contribution >= 0.6 is 0 Å². The summed E-state index contributed by atoms with van der Waals surface area (Å²) in [5.41, 5.74) is 7.41. The number of hydrogen-bond donors (Lipinski definition) is 0. The van der Waals surface area contributed by atoms with E-state index >= 15 is 0 Å². The quantitative estimate of drug-likeness (QED) is 0.135. The first-order chi connectivity index (χ1) is 17.9. The Balaban J connectivity index is 0.000000438. The zero-order valence-electron chi connectivity index (χ0n) is 23.5. The molecule has 0 saturated carbocycles. The molecular weight excluding hydrogens is 515 g/mol. The maximum Gasteiger partial charge on any atom is 2.00 e. The number of aliphatic imine (C=N–C) groups is 2. The Labute approximate surface area is 239 Å². The van der Waals surface area contributed by atoms with E-state index in [1.54, 1.807) is 12.1 Å². The number of hydrogen-bond acceptors (Lipinski definition) is 4. The molecular formula is C33H42N2NiO2. The van der Waals surface area contributed by atoms with Gasteiger partial charge in [-0.2, -0.15) is 0 Å². The van der Waals surface area contributed by atoms with Crippen LogP contribution in [0.1, 0.15) is 82.4 Å². The molecule has 3 rings (SSSR count). The van der Waals surface area contributed by atoms with Crippen LogP contribution in [0.15, 0.2) is 76.7 Å². The summed E-state index contributed by atoms with van der Waals surface area (Å²) in [6.07, 6.45) is 8.14. The summed E-state index contributed by atoms with van der Waals surface area (Å²) in [7, 11) is 0. The molecule has 0 amide bonds. The van der Waals surface area contributed by atoms with Gasteiger partial charge in [-0.3, -0.25) is 9.98 Å². The van der Waals surface area contributed by atoms with Gasteiger partial charge in [0, 0.05) is 0 Å². The van der Waals surface area contributed by atoms with Crippen LogP contribution in [-0.2, 0) is 22.9 Å². The van der Waals surface area contributed by atoms with Crippen molar-refractivity contribution in [3.05, 3.63) is 83.4 Å². The van der Waals surface area contributed by atoms with Crippen molar-refractivity contribution in [3.63, 3.8) is 0 Å². The Kier molecular flexibility index (Phi) is 16.0. The first-order valence-electron chi connectivity index (χ1n) is 13.6. The summed E-state index contributed by atoms with van der Waals surface area (Å²) in [5, 5.41) is 22.2. The van der Waals surface area contributed by atoms with E-state index in [-0.39, 0.29) is 28.0 Å². The van der Waals surface area contributed by atoms with Crippen molar-refractivity contribution in [1.82, 2.24) is 0 Å². The molecule has 0 heterocycles. The fraction of sp³-hybridized carbons (Fsp3) is 0.394. The van der Waals surface area contributed by atoms with E-state index in [1.165, 1.54) is 17.2 Å². The molecule has 0 aliphatic heterocycles. The Bertz CT molecular complexity index is 1140. The molecule has 3 aromatic rings. The first-order valence-corrected chi connectivity index (χ1v) is 13.6.